The molecular weight excluding hydrogens is 168 g/mol. The van der Waals surface area contributed by atoms with Gasteiger partial charge in [0.2, 0.25) is 11.8 Å². The van der Waals surface area contributed by atoms with E-state index < -0.39 is 0 Å². The van der Waals surface area contributed by atoms with E-state index in [1.165, 1.54) is 4.90 Å². The van der Waals surface area contributed by atoms with E-state index in [1.54, 1.807) is 7.05 Å². The zero-order valence-electron chi connectivity index (χ0n) is 8.33. The number of carbonyl (C=O) groups excluding carboxylic acids is 2. The fourth-order valence-corrected chi connectivity index (χ4v) is 1.55. The third-order valence-corrected chi connectivity index (χ3v) is 2.40. The molecule has 1 saturated heterocycles. The maximum absolute atomic E-state index is 11.6. The van der Waals surface area contributed by atoms with Gasteiger partial charge in [-0.1, -0.05) is 13.8 Å². The van der Waals surface area contributed by atoms with Crippen molar-refractivity contribution in [2.75, 3.05) is 13.7 Å². The highest BCUT2D eigenvalue weighted by Crippen LogP contribution is 2.25. The molecule has 1 aliphatic heterocycles. The monoisotopic (exact) mass is 184 g/mol. The van der Waals surface area contributed by atoms with Crippen LogP contribution >= 0.6 is 0 Å². The Hall–Kier alpha value is -0.900. The molecule has 0 aliphatic carbocycles. The van der Waals surface area contributed by atoms with Crippen molar-refractivity contribution in [3.05, 3.63) is 0 Å². The Morgan fingerprint density at radius 2 is 2.15 bits per heavy atom. The number of rotatable bonds is 3. The van der Waals surface area contributed by atoms with Crippen molar-refractivity contribution in [2.45, 2.75) is 20.3 Å². The summed E-state index contributed by atoms with van der Waals surface area (Å²) in [6.07, 6.45) is 0.373. The molecule has 2 amide bonds. The van der Waals surface area contributed by atoms with Crippen LogP contribution in [-0.4, -0.2) is 30.4 Å². The lowest BCUT2D eigenvalue weighted by molar-refractivity contribution is -0.140. The van der Waals surface area contributed by atoms with E-state index in [0.717, 1.165) is 0 Å². The number of likely N-dealkylation sites (tertiary alicyclic amines) is 1. The smallest absolute Gasteiger partial charge is 0.234 e. The van der Waals surface area contributed by atoms with E-state index in [2.05, 4.69) is 5.32 Å². The van der Waals surface area contributed by atoms with Crippen molar-refractivity contribution >= 4 is 11.8 Å². The Kier molecular flexibility index (Phi) is 3.03. The zero-order chi connectivity index (χ0) is 10.0. The molecule has 0 saturated carbocycles. The Labute approximate surface area is 78.3 Å². The highest BCUT2D eigenvalue weighted by Gasteiger charge is 2.39. The van der Waals surface area contributed by atoms with Crippen LogP contribution in [-0.2, 0) is 9.59 Å². The molecule has 0 bridgehead atoms. The Morgan fingerprint density at radius 3 is 2.54 bits per heavy atom. The number of imide groups is 1. The SMILES string of the molecule is CNCN1C(=O)CC(C(C)C)C1=O. The molecule has 0 spiro atoms. The van der Waals surface area contributed by atoms with Gasteiger partial charge in [-0.05, 0) is 13.0 Å². The van der Waals surface area contributed by atoms with Gasteiger partial charge in [-0.2, -0.15) is 0 Å². The largest absolute Gasteiger partial charge is 0.302 e. The van der Waals surface area contributed by atoms with Crippen molar-refractivity contribution < 1.29 is 9.59 Å². The van der Waals surface area contributed by atoms with Crippen LogP contribution in [0.1, 0.15) is 20.3 Å². The standard InChI is InChI=1S/C9H16N2O2/c1-6(2)7-4-8(12)11(5-10-3)9(7)13/h6-7,10H,4-5H2,1-3H3. The maximum Gasteiger partial charge on any atom is 0.234 e. The molecule has 0 aromatic heterocycles. The first-order valence-corrected chi connectivity index (χ1v) is 4.56. The summed E-state index contributed by atoms with van der Waals surface area (Å²) >= 11 is 0. The molecule has 1 fully saturated rings. The van der Waals surface area contributed by atoms with E-state index in [1.807, 2.05) is 13.8 Å². The highest BCUT2D eigenvalue weighted by atomic mass is 16.2. The van der Waals surface area contributed by atoms with Crippen molar-refractivity contribution in [1.29, 1.82) is 0 Å². The average molecular weight is 184 g/mol. The van der Waals surface area contributed by atoms with Gasteiger partial charge in [0.1, 0.15) is 0 Å². The number of hydrogen-bond acceptors (Lipinski definition) is 3. The van der Waals surface area contributed by atoms with Crippen LogP contribution in [0.2, 0.25) is 0 Å². The summed E-state index contributed by atoms with van der Waals surface area (Å²) in [5, 5.41) is 2.81. The summed E-state index contributed by atoms with van der Waals surface area (Å²) in [7, 11) is 1.73. The molecule has 4 heteroatoms. The number of nitrogens with zero attached hydrogens (tertiary/aromatic N) is 1. The van der Waals surface area contributed by atoms with Crippen LogP contribution < -0.4 is 5.32 Å². The van der Waals surface area contributed by atoms with Gasteiger partial charge in [-0.15, -0.1) is 0 Å². The van der Waals surface area contributed by atoms with Gasteiger partial charge in [-0.25, -0.2) is 0 Å². The first kappa shape index (κ1) is 10.2. The summed E-state index contributed by atoms with van der Waals surface area (Å²) in [5.41, 5.74) is 0. The lowest BCUT2D eigenvalue weighted by Gasteiger charge is -2.15. The van der Waals surface area contributed by atoms with Gasteiger partial charge in [0.15, 0.2) is 0 Å². The van der Waals surface area contributed by atoms with E-state index in [0.29, 0.717) is 13.1 Å². The van der Waals surface area contributed by atoms with Gasteiger partial charge in [-0.3, -0.25) is 14.5 Å². The molecule has 1 N–H and O–H groups in total. The molecular formula is C9H16N2O2. The molecule has 13 heavy (non-hydrogen) atoms. The number of amides is 2. The normalized spacial score (nSPS) is 23.4. The molecule has 0 aromatic carbocycles. The minimum Gasteiger partial charge on any atom is -0.302 e. The van der Waals surface area contributed by atoms with Gasteiger partial charge < -0.3 is 5.32 Å². The van der Waals surface area contributed by atoms with E-state index in [9.17, 15) is 9.59 Å². The molecule has 1 aliphatic rings. The molecule has 1 rings (SSSR count). The van der Waals surface area contributed by atoms with Gasteiger partial charge in [0.05, 0.1) is 6.67 Å². The number of hydrogen-bond donors (Lipinski definition) is 1. The fraction of sp³-hybridized carbons (Fsp3) is 0.778. The van der Waals surface area contributed by atoms with Crippen LogP contribution in [0.5, 0.6) is 0 Å². The third-order valence-electron chi connectivity index (χ3n) is 2.40. The van der Waals surface area contributed by atoms with Crippen LogP contribution in [0.3, 0.4) is 0 Å². The molecule has 0 aromatic rings. The molecule has 74 valence electrons. The van der Waals surface area contributed by atoms with E-state index in [-0.39, 0.29) is 23.7 Å². The molecule has 1 unspecified atom stereocenters. The summed E-state index contributed by atoms with van der Waals surface area (Å²) in [5.74, 6) is 0.0477. The Morgan fingerprint density at radius 1 is 1.54 bits per heavy atom. The van der Waals surface area contributed by atoms with Gasteiger partial charge in [0, 0.05) is 12.3 Å². The molecule has 1 heterocycles. The summed E-state index contributed by atoms with van der Waals surface area (Å²) in [6.45, 7) is 4.28. The predicted molar refractivity (Wildman–Crippen MR) is 48.7 cm³/mol. The quantitative estimate of drug-likeness (QED) is 0.637. The zero-order valence-corrected chi connectivity index (χ0v) is 8.33. The fourth-order valence-electron chi connectivity index (χ4n) is 1.55. The average Bonchev–Trinajstić information content (AvgIpc) is 2.32. The van der Waals surface area contributed by atoms with Crippen LogP contribution in [0, 0.1) is 11.8 Å². The second-order valence-electron chi connectivity index (χ2n) is 3.73. The van der Waals surface area contributed by atoms with Crippen LogP contribution in [0.15, 0.2) is 0 Å². The van der Waals surface area contributed by atoms with Gasteiger partial charge >= 0.3 is 0 Å². The Balaban J connectivity index is 2.69. The minimum atomic E-state index is -0.110. The van der Waals surface area contributed by atoms with Crippen LogP contribution in [0.4, 0.5) is 0 Å². The summed E-state index contributed by atoms with van der Waals surface area (Å²) < 4.78 is 0. The third kappa shape index (κ3) is 1.88. The lowest BCUT2D eigenvalue weighted by atomic mass is 9.94. The van der Waals surface area contributed by atoms with Crippen LogP contribution in [0.25, 0.3) is 0 Å². The lowest BCUT2D eigenvalue weighted by Crippen LogP contribution is -2.37. The minimum absolute atomic E-state index is 0.0330. The number of nitrogens with one attached hydrogen (secondary N) is 1. The summed E-state index contributed by atoms with van der Waals surface area (Å²) in [6, 6.07) is 0. The van der Waals surface area contributed by atoms with Crippen molar-refractivity contribution in [3.63, 3.8) is 0 Å². The highest BCUT2D eigenvalue weighted by molar-refractivity contribution is 6.03. The second kappa shape index (κ2) is 3.87. The van der Waals surface area contributed by atoms with Crippen molar-refractivity contribution in [1.82, 2.24) is 10.2 Å². The second-order valence-corrected chi connectivity index (χ2v) is 3.73. The van der Waals surface area contributed by atoms with Crippen molar-refractivity contribution in [3.8, 4) is 0 Å². The van der Waals surface area contributed by atoms with E-state index >= 15 is 0 Å². The Bertz CT molecular complexity index is 226. The number of carbonyl (C=O) groups is 2. The first-order valence-electron chi connectivity index (χ1n) is 4.56. The predicted octanol–water partition coefficient (Wildman–Crippen LogP) is 0.194. The molecule has 1 atom stereocenters. The van der Waals surface area contributed by atoms with E-state index in [4.69, 9.17) is 0 Å². The first-order chi connectivity index (χ1) is 6.07. The summed E-state index contributed by atoms with van der Waals surface area (Å²) in [4.78, 5) is 24.3. The molecule has 4 nitrogen and oxygen atoms in total. The van der Waals surface area contributed by atoms with Crippen molar-refractivity contribution in [2.24, 2.45) is 11.8 Å². The maximum atomic E-state index is 11.6. The van der Waals surface area contributed by atoms with Gasteiger partial charge in [0.25, 0.3) is 0 Å². The topological polar surface area (TPSA) is 49.4 Å². The molecule has 0 radical (unpaired) electrons.